The summed E-state index contributed by atoms with van der Waals surface area (Å²) in [5.41, 5.74) is 2.38. The normalized spacial score (nSPS) is 12.1. The number of sulfonamides is 1. The quantitative estimate of drug-likeness (QED) is 0.691. The van der Waals surface area contributed by atoms with E-state index in [2.05, 4.69) is 4.98 Å². The van der Waals surface area contributed by atoms with E-state index in [9.17, 15) is 8.42 Å². The second-order valence-corrected chi connectivity index (χ2v) is 8.62. The highest BCUT2D eigenvalue weighted by Gasteiger charge is 2.27. The maximum Gasteiger partial charge on any atom is 0.245 e. The fraction of sp³-hybridized carbons (Fsp3) is 0.300. The van der Waals surface area contributed by atoms with E-state index in [0.29, 0.717) is 24.5 Å². The Morgan fingerprint density at radius 2 is 1.70 bits per heavy atom. The molecule has 1 aromatic heterocycles. The number of nitrogens with zero attached hydrogens (tertiary/aromatic N) is 2. The van der Waals surface area contributed by atoms with Crippen molar-refractivity contribution >= 4 is 26.6 Å². The van der Waals surface area contributed by atoms with Crippen LogP contribution in [0.1, 0.15) is 13.8 Å². The van der Waals surface area contributed by atoms with Crippen LogP contribution in [0.4, 0.5) is 10.1 Å². The van der Waals surface area contributed by atoms with Crippen LogP contribution in [0, 0.1) is 5.82 Å². The number of aromatic amines is 1. The van der Waals surface area contributed by atoms with Gasteiger partial charge in [-0.3, -0.25) is 0 Å². The third kappa shape index (κ3) is 3.33. The van der Waals surface area contributed by atoms with Crippen molar-refractivity contribution in [2.75, 3.05) is 32.1 Å². The largest absolute Gasteiger partial charge is 0.371 e. The zero-order valence-corrected chi connectivity index (χ0v) is 16.8. The number of H-pyrrole nitrogens is 1. The molecule has 27 heavy (non-hydrogen) atoms. The van der Waals surface area contributed by atoms with Crippen molar-refractivity contribution in [2.24, 2.45) is 0 Å². The molecule has 3 aromatic rings. The number of fused-ring (bicyclic) bond motifs is 1. The van der Waals surface area contributed by atoms with Crippen molar-refractivity contribution in [2.45, 2.75) is 18.7 Å². The second-order valence-electron chi connectivity index (χ2n) is 6.50. The average Bonchev–Trinajstić information content (AvgIpc) is 3.06. The first-order chi connectivity index (χ1) is 12.8. The third-order valence-corrected chi connectivity index (χ3v) is 6.58. The maximum absolute atomic E-state index is 15.6. The molecule has 0 aliphatic carbocycles. The zero-order valence-electron chi connectivity index (χ0n) is 16.0. The van der Waals surface area contributed by atoms with Crippen molar-refractivity contribution in [3.8, 4) is 11.3 Å². The summed E-state index contributed by atoms with van der Waals surface area (Å²) in [7, 11) is -1.10. The molecular formula is C20H24FN3O2S. The highest BCUT2D eigenvalue weighted by atomic mass is 32.2. The minimum Gasteiger partial charge on any atom is -0.371 e. The second kappa shape index (κ2) is 7.32. The lowest BCUT2D eigenvalue weighted by Crippen LogP contribution is -2.26. The van der Waals surface area contributed by atoms with Crippen LogP contribution in [0.25, 0.3) is 22.2 Å². The summed E-state index contributed by atoms with van der Waals surface area (Å²) in [6, 6.07) is 12.6. The molecule has 0 fully saturated rings. The lowest BCUT2D eigenvalue weighted by atomic mass is 10.1. The average molecular weight is 389 g/mol. The van der Waals surface area contributed by atoms with Gasteiger partial charge in [0.2, 0.25) is 10.0 Å². The molecule has 0 spiro atoms. The molecule has 0 atom stereocenters. The molecule has 3 rings (SSSR count). The van der Waals surface area contributed by atoms with E-state index in [1.807, 2.05) is 49.1 Å². The molecule has 144 valence electrons. The Morgan fingerprint density at radius 1 is 1.04 bits per heavy atom. The molecule has 5 nitrogen and oxygen atoms in total. The molecule has 1 heterocycles. The topological polar surface area (TPSA) is 56.4 Å². The molecule has 0 saturated carbocycles. The Labute approximate surface area is 159 Å². The van der Waals surface area contributed by atoms with E-state index in [1.54, 1.807) is 6.07 Å². The summed E-state index contributed by atoms with van der Waals surface area (Å²) < 4.78 is 41.8. The van der Waals surface area contributed by atoms with E-state index in [1.165, 1.54) is 20.2 Å². The van der Waals surface area contributed by atoms with Gasteiger partial charge in [-0.25, -0.2) is 17.1 Å². The number of para-hydroxylation sites is 1. The highest BCUT2D eigenvalue weighted by Crippen LogP contribution is 2.38. The van der Waals surface area contributed by atoms with Gasteiger partial charge in [-0.05, 0) is 38.1 Å². The fourth-order valence-corrected chi connectivity index (χ4v) is 4.20. The van der Waals surface area contributed by atoms with E-state index in [4.69, 9.17) is 0 Å². The number of anilines is 1. The van der Waals surface area contributed by atoms with Crippen molar-refractivity contribution in [3.63, 3.8) is 0 Å². The summed E-state index contributed by atoms with van der Waals surface area (Å²) in [4.78, 5) is 4.92. The van der Waals surface area contributed by atoms with Gasteiger partial charge in [-0.1, -0.05) is 18.2 Å². The third-order valence-electron chi connectivity index (χ3n) is 4.75. The summed E-state index contributed by atoms with van der Waals surface area (Å²) in [5.74, 6) is -0.736. The van der Waals surface area contributed by atoms with Crippen LogP contribution in [0.5, 0.6) is 0 Å². The van der Waals surface area contributed by atoms with E-state index >= 15 is 4.39 Å². The van der Waals surface area contributed by atoms with Gasteiger partial charge in [0.15, 0.2) is 5.82 Å². The Hall–Kier alpha value is -2.38. The SMILES string of the molecule is CCN(CC)c1ccc(S(=O)(=O)N(C)C)c(F)c1-c1cc2ccccc2[nH]1. The Bertz CT molecular complexity index is 1040. The number of aromatic nitrogens is 1. The Balaban J connectivity index is 2.33. The van der Waals surface area contributed by atoms with Crippen LogP contribution in [-0.4, -0.2) is 44.9 Å². The van der Waals surface area contributed by atoms with E-state index in [0.717, 1.165) is 15.2 Å². The summed E-state index contributed by atoms with van der Waals surface area (Å²) in [5, 5.41) is 0.943. The van der Waals surface area contributed by atoms with Crippen molar-refractivity contribution in [1.82, 2.24) is 9.29 Å². The number of rotatable bonds is 6. The molecule has 0 bridgehead atoms. The van der Waals surface area contributed by atoms with Gasteiger partial charge in [0.05, 0.1) is 11.3 Å². The van der Waals surface area contributed by atoms with Gasteiger partial charge in [-0.15, -0.1) is 0 Å². The highest BCUT2D eigenvalue weighted by molar-refractivity contribution is 7.89. The molecule has 0 radical (unpaired) electrons. The van der Waals surface area contributed by atoms with E-state index in [-0.39, 0.29) is 10.5 Å². The van der Waals surface area contributed by atoms with Crippen LogP contribution >= 0.6 is 0 Å². The predicted octanol–water partition coefficient (Wildman–Crippen LogP) is 4.07. The predicted molar refractivity (Wildman–Crippen MR) is 108 cm³/mol. The van der Waals surface area contributed by atoms with Gasteiger partial charge in [0, 0.05) is 43.8 Å². The number of halogens is 1. The van der Waals surface area contributed by atoms with Crippen molar-refractivity contribution in [1.29, 1.82) is 0 Å². The van der Waals surface area contributed by atoms with Crippen LogP contribution < -0.4 is 4.90 Å². The number of nitrogens with one attached hydrogen (secondary N) is 1. The van der Waals surface area contributed by atoms with Crippen LogP contribution in [0.2, 0.25) is 0 Å². The van der Waals surface area contributed by atoms with Gasteiger partial charge in [0.25, 0.3) is 0 Å². The number of hydrogen-bond donors (Lipinski definition) is 1. The molecule has 0 amide bonds. The molecular weight excluding hydrogens is 365 g/mol. The lowest BCUT2D eigenvalue weighted by Gasteiger charge is -2.25. The first-order valence-corrected chi connectivity index (χ1v) is 10.3. The minimum absolute atomic E-state index is 0.276. The van der Waals surface area contributed by atoms with Gasteiger partial charge < -0.3 is 9.88 Å². The molecule has 7 heteroatoms. The lowest BCUT2D eigenvalue weighted by molar-refractivity contribution is 0.508. The first-order valence-electron chi connectivity index (χ1n) is 8.89. The molecule has 2 aromatic carbocycles. The van der Waals surface area contributed by atoms with Crippen molar-refractivity contribution < 1.29 is 12.8 Å². The maximum atomic E-state index is 15.6. The molecule has 0 aliphatic heterocycles. The number of benzene rings is 2. The first kappa shape index (κ1) is 19.4. The summed E-state index contributed by atoms with van der Waals surface area (Å²) in [6.07, 6.45) is 0. The standard InChI is InChI=1S/C20H24FN3O2S/c1-5-24(6-2)17-11-12-18(27(25,26)23(3)4)20(21)19(17)16-13-14-9-7-8-10-15(14)22-16/h7-13,22H,5-6H2,1-4H3. The summed E-state index contributed by atoms with van der Waals surface area (Å²) in [6.45, 7) is 5.34. The van der Waals surface area contributed by atoms with Crippen LogP contribution in [-0.2, 0) is 10.0 Å². The summed E-state index contributed by atoms with van der Waals surface area (Å²) >= 11 is 0. The van der Waals surface area contributed by atoms with E-state index < -0.39 is 15.8 Å². The van der Waals surface area contributed by atoms with Crippen LogP contribution in [0.15, 0.2) is 47.4 Å². The van der Waals surface area contributed by atoms with Gasteiger partial charge >= 0.3 is 0 Å². The van der Waals surface area contributed by atoms with Crippen LogP contribution in [0.3, 0.4) is 0 Å². The smallest absolute Gasteiger partial charge is 0.245 e. The molecule has 1 N–H and O–H groups in total. The van der Waals surface area contributed by atoms with Gasteiger partial charge in [0.1, 0.15) is 4.90 Å². The Morgan fingerprint density at radius 3 is 2.30 bits per heavy atom. The number of hydrogen-bond acceptors (Lipinski definition) is 3. The molecule has 0 aliphatic rings. The minimum atomic E-state index is -3.90. The fourth-order valence-electron chi connectivity index (χ4n) is 3.23. The monoisotopic (exact) mass is 389 g/mol. The molecule has 0 saturated heterocycles. The van der Waals surface area contributed by atoms with Crippen molar-refractivity contribution in [3.05, 3.63) is 48.3 Å². The molecule has 0 unspecified atom stereocenters. The Kier molecular flexibility index (Phi) is 5.26. The zero-order chi connectivity index (χ0) is 19.8. The van der Waals surface area contributed by atoms with Gasteiger partial charge in [-0.2, -0.15) is 0 Å².